The van der Waals surface area contributed by atoms with E-state index in [4.69, 9.17) is 4.74 Å². The number of halogens is 1. The molecule has 7 heteroatoms. The highest BCUT2D eigenvalue weighted by Crippen LogP contribution is 2.56. The molecule has 1 saturated heterocycles. The van der Waals surface area contributed by atoms with Gasteiger partial charge in [-0.05, 0) is 55.1 Å². The van der Waals surface area contributed by atoms with Gasteiger partial charge in [0.25, 0.3) is 0 Å². The number of hydrogen-bond donors (Lipinski definition) is 1. The van der Waals surface area contributed by atoms with Crippen molar-refractivity contribution in [2.24, 2.45) is 5.92 Å². The van der Waals surface area contributed by atoms with Crippen molar-refractivity contribution < 1.29 is 18.7 Å². The summed E-state index contributed by atoms with van der Waals surface area (Å²) in [5.41, 5.74) is 1.21. The van der Waals surface area contributed by atoms with Crippen molar-refractivity contribution in [3.8, 4) is 5.75 Å². The number of nitrogens with one attached hydrogen (secondary N) is 1. The van der Waals surface area contributed by atoms with Crippen LogP contribution in [0.1, 0.15) is 27.5 Å². The zero-order valence-electron chi connectivity index (χ0n) is 17.7. The van der Waals surface area contributed by atoms with Crippen LogP contribution in [-0.2, 0) is 10.3 Å². The van der Waals surface area contributed by atoms with Gasteiger partial charge in [0.05, 0.1) is 13.0 Å². The summed E-state index contributed by atoms with van der Waals surface area (Å²) in [6, 6.07) is 16.7. The number of likely N-dealkylation sites (tertiary alicyclic amines) is 1. The maximum Gasteiger partial charge on any atom is 0.250 e. The fraction of sp³-hybridized carbons (Fsp3) is 0.240. The number of methoxy groups -OCH3 is 1. The molecule has 1 amide bonds. The number of Topliss-reactive ketones (excluding diaryl/α,β-unsaturated/α-hetero) is 1. The van der Waals surface area contributed by atoms with Gasteiger partial charge in [-0.1, -0.05) is 18.2 Å². The number of nitrogens with zero attached hydrogens (tertiary/aromatic N) is 2. The van der Waals surface area contributed by atoms with Gasteiger partial charge in [0.2, 0.25) is 5.91 Å². The fourth-order valence-corrected chi connectivity index (χ4v) is 5.22. The number of carbonyl (C=O) groups excluding carboxylic acids is 2. The topological polar surface area (TPSA) is 71.5 Å². The van der Waals surface area contributed by atoms with E-state index in [9.17, 15) is 14.0 Å². The summed E-state index contributed by atoms with van der Waals surface area (Å²) in [5, 5.41) is 2.96. The molecule has 2 aliphatic rings. The summed E-state index contributed by atoms with van der Waals surface area (Å²) >= 11 is 0. The van der Waals surface area contributed by atoms with Gasteiger partial charge in [-0.2, -0.15) is 0 Å². The molecule has 1 aromatic heterocycles. The lowest BCUT2D eigenvalue weighted by molar-refractivity contribution is -0.126. The Morgan fingerprint density at radius 3 is 2.66 bits per heavy atom. The van der Waals surface area contributed by atoms with E-state index >= 15 is 0 Å². The van der Waals surface area contributed by atoms with Gasteiger partial charge >= 0.3 is 0 Å². The number of carbonyl (C=O) groups is 2. The van der Waals surface area contributed by atoms with Crippen molar-refractivity contribution >= 4 is 17.4 Å². The molecule has 2 aliphatic heterocycles. The Hall–Kier alpha value is -3.58. The van der Waals surface area contributed by atoms with Crippen LogP contribution in [-0.4, -0.2) is 42.3 Å². The minimum Gasteiger partial charge on any atom is -0.497 e. The average Bonchev–Trinajstić information content (AvgIpc) is 3.29. The second-order valence-electron chi connectivity index (χ2n) is 8.23. The third-order valence-corrected chi connectivity index (χ3v) is 6.65. The lowest BCUT2D eigenvalue weighted by atomic mass is 9.71. The van der Waals surface area contributed by atoms with E-state index in [0.29, 0.717) is 29.2 Å². The fourth-order valence-electron chi connectivity index (χ4n) is 5.22. The molecule has 2 aromatic carbocycles. The number of pyridine rings is 1. The van der Waals surface area contributed by atoms with Crippen LogP contribution in [0.2, 0.25) is 0 Å². The first-order chi connectivity index (χ1) is 15.5. The molecule has 6 nitrogen and oxygen atoms in total. The number of ether oxygens (including phenoxy) is 1. The standard InChI is InChI=1S/C25H22FN3O3/c1-29-14-18(15-6-8-16(26)9-7-15)22(23(30)21-5-3-4-12-27-21)25(29)19-13-17(32-2)10-11-20(19)28-24(25)31/h3-13,18,22H,14H2,1-2H3,(H,28,31)/t18-,22+,25-/m1/s1. The molecule has 3 atom stereocenters. The van der Waals surface area contributed by atoms with Crippen LogP contribution in [0.4, 0.5) is 10.1 Å². The van der Waals surface area contributed by atoms with Crippen molar-refractivity contribution in [1.29, 1.82) is 0 Å². The van der Waals surface area contributed by atoms with E-state index < -0.39 is 11.5 Å². The molecule has 32 heavy (non-hydrogen) atoms. The summed E-state index contributed by atoms with van der Waals surface area (Å²) in [4.78, 5) is 33.8. The van der Waals surface area contributed by atoms with Crippen molar-refractivity contribution in [2.75, 3.05) is 26.0 Å². The Morgan fingerprint density at radius 2 is 1.97 bits per heavy atom. The van der Waals surface area contributed by atoms with Gasteiger partial charge in [-0.15, -0.1) is 0 Å². The molecule has 0 radical (unpaired) electrons. The van der Waals surface area contributed by atoms with Gasteiger partial charge in [0.1, 0.15) is 22.8 Å². The highest BCUT2D eigenvalue weighted by Gasteiger charge is 2.64. The minimum absolute atomic E-state index is 0.227. The SMILES string of the molecule is COc1ccc2c(c1)[C@]1(C(=O)N2)[C@H](C(=O)c2ccccn2)[C@@H](c2ccc(F)cc2)CN1C. The number of rotatable bonds is 4. The molecule has 3 heterocycles. The Morgan fingerprint density at radius 1 is 1.19 bits per heavy atom. The molecule has 0 unspecified atom stereocenters. The van der Waals surface area contributed by atoms with Gasteiger partial charge < -0.3 is 10.1 Å². The monoisotopic (exact) mass is 431 g/mol. The lowest BCUT2D eigenvalue weighted by Gasteiger charge is -2.35. The quantitative estimate of drug-likeness (QED) is 0.639. The maximum atomic E-state index is 13.9. The Bertz CT molecular complexity index is 1200. The third-order valence-electron chi connectivity index (χ3n) is 6.65. The van der Waals surface area contributed by atoms with E-state index in [2.05, 4.69) is 10.3 Å². The molecule has 1 N–H and O–H groups in total. The summed E-state index contributed by atoms with van der Waals surface area (Å²) in [6.07, 6.45) is 1.57. The summed E-state index contributed by atoms with van der Waals surface area (Å²) in [5.74, 6) is -1.34. The van der Waals surface area contributed by atoms with E-state index in [0.717, 1.165) is 5.56 Å². The van der Waals surface area contributed by atoms with Gasteiger partial charge in [0, 0.05) is 29.9 Å². The molecule has 0 bridgehead atoms. The largest absolute Gasteiger partial charge is 0.497 e. The number of likely N-dealkylation sites (N-methyl/N-ethyl adjacent to an activating group) is 1. The smallest absolute Gasteiger partial charge is 0.250 e. The van der Waals surface area contributed by atoms with Gasteiger partial charge in [0.15, 0.2) is 5.78 Å². The average molecular weight is 431 g/mol. The Labute approximate surface area is 185 Å². The summed E-state index contributed by atoms with van der Waals surface area (Å²) in [7, 11) is 3.41. The number of amides is 1. The van der Waals surface area contributed by atoms with Crippen LogP contribution in [0.15, 0.2) is 66.9 Å². The maximum absolute atomic E-state index is 13.9. The van der Waals surface area contributed by atoms with Crippen LogP contribution < -0.4 is 10.1 Å². The van der Waals surface area contributed by atoms with E-state index in [1.807, 2.05) is 18.0 Å². The number of anilines is 1. The van der Waals surface area contributed by atoms with E-state index in [-0.39, 0.29) is 23.4 Å². The second kappa shape index (κ2) is 7.53. The molecule has 3 aromatic rings. The molecule has 162 valence electrons. The predicted molar refractivity (Wildman–Crippen MR) is 117 cm³/mol. The Balaban J connectivity index is 1.74. The molecule has 0 aliphatic carbocycles. The zero-order valence-corrected chi connectivity index (χ0v) is 17.7. The number of ketones is 1. The van der Waals surface area contributed by atoms with Crippen molar-refractivity contribution in [2.45, 2.75) is 11.5 Å². The van der Waals surface area contributed by atoms with Gasteiger partial charge in [-0.25, -0.2) is 4.39 Å². The normalized spacial score (nSPS) is 24.4. The molecule has 5 rings (SSSR count). The minimum atomic E-state index is -1.24. The van der Waals surface area contributed by atoms with Crippen LogP contribution in [0.5, 0.6) is 5.75 Å². The molecule has 1 spiro atoms. The van der Waals surface area contributed by atoms with Crippen molar-refractivity contribution in [1.82, 2.24) is 9.88 Å². The summed E-state index contributed by atoms with van der Waals surface area (Å²) in [6.45, 7) is 0.443. The molecular formula is C25H22FN3O3. The number of hydrogen-bond acceptors (Lipinski definition) is 5. The van der Waals surface area contributed by atoms with Crippen molar-refractivity contribution in [3.05, 3.63) is 89.5 Å². The molecule has 0 saturated carbocycles. The first-order valence-electron chi connectivity index (χ1n) is 10.4. The zero-order chi connectivity index (χ0) is 22.5. The lowest BCUT2D eigenvalue weighted by Crippen LogP contribution is -2.51. The van der Waals surface area contributed by atoms with Crippen LogP contribution >= 0.6 is 0 Å². The number of benzene rings is 2. The number of aromatic nitrogens is 1. The van der Waals surface area contributed by atoms with Crippen LogP contribution in [0, 0.1) is 11.7 Å². The number of fused-ring (bicyclic) bond motifs is 2. The first kappa shape index (κ1) is 20.3. The summed E-state index contributed by atoms with van der Waals surface area (Å²) < 4.78 is 19.1. The molecular weight excluding hydrogens is 409 g/mol. The first-order valence-corrected chi connectivity index (χ1v) is 10.4. The van der Waals surface area contributed by atoms with E-state index in [1.165, 1.54) is 12.1 Å². The third kappa shape index (κ3) is 2.85. The van der Waals surface area contributed by atoms with E-state index in [1.54, 1.807) is 55.8 Å². The van der Waals surface area contributed by atoms with Gasteiger partial charge in [-0.3, -0.25) is 19.5 Å². The van der Waals surface area contributed by atoms with Crippen molar-refractivity contribution in [3.63, 3.8) is 0 Å². The van der Waals surface area contributed by atoms with Crippen LogP contribution in [0.3, 0.4) is 0 Å². The highest BCUT2D eigenvalue weighted by atomic mass is 19.1. The van der Waals surface area contributed by atoms with Crippen LogP contribution in [0.25, 0.3) is 0 Å². The predicted octanol–water partition coefficient (Wildman–Crippen LogP) is 3.61. The highest BCUT2D eigenvalue weighted by molar-refractivity contribution is 6.12. The molecule has 1 fully saturated rings. The second-order valence-corrected chi connectivity index (χ2v) is 8.23. The Kier molecular flexibility index (Phi) is 4.78.